The van der Waals surface area contributed by atoms with E-state index < -0.39 is 11.6 Å². The first kappa shape index (κ1) is 43.2. The molecule has 1 radical (unpaired) electrons. The van der Waals surface area contributed by atoms with Crippen LogP contribution in [0.1, 0.15) is 60.5 Å². The Kier molecular flexibility index (Phi) is 20.6. The summed E-state index contributed by atoms with van der Waals surface area (Å²) in [5.74, 6) is 3.99. The van der Waals surface area contributed by atoms with Crippen LogP contribution in [0.5, 0.6) is 0 Å². The molecule has 43 heavy (non-hydrogen) atoms. The number of anilines is 1. The molecule has 1 fully saturated rings. The van der Waals surface area contributed by atoms with Gasteiger partial charge in [-0.3, -0.25) is 9.79 Å². The van der Waals surface area contributed by atoms with Crippen molar-refractivity contribution in [1.82, 2.24) is 10.2 Å². The number of nitrogens with zero attached hydrogens (tertiary/aromatic N) is 3. The minimum Gasteiger partial charge on any atom is -0.386 e. The Labute approximate surface area is 258 Å². The molecular weight excluding hydrogens is 798 g/mol. The number of carbonyl (C=O) groups excluding carboxylic acids is 1. The van der Waals surface area contributed by atoms with Gasteiger partial charge in [-0.25, -0.2) is 4.39 Å². The molecule has 1 aliphatic rings. The molecule has 247 valence electrons. The van der Waals surface area contributed by atoms with Crippen LogP contribution in [0.15, 0.2) is 66.7 Å². The predicted octanol–water partition coefficient (Wildman–Crippen LogP) is 5.98. The first-order chi connectivity index (χ1) is 19.2. The summed E-state index contributed by atoms with van der Waals surface area (Å²) < 4.78 is 12.0. The second kappa shape index (κ2) is 20.6. The third-order valence-corrected chi connectivity index (χ3v) is 6.34. The molecule has 0 aliphatic carbocycles. The number of hydrogen-bond donors (Lipinski definition) is 3. The predicted molar refractivity (Wildman–Crippen MR) is 185 cm³/mol. The van der Waals surface area contributed by atoms with Gasteiger partial charge < -0.3 is 26.6 Å². The maximum atomic E-state index is 12.0. The van der Waals surface area contributed by atoms with Crippen molar-refractivity contribution in [2.24, 2.45) is 28.3 Å². The third-order valence-electron chi connectivity index (χ3n) is 5.87. The molecule has 7 nitrogen and oxygen atoms in total. The molecule has 0 spiro atoms. The summed E-state index contributed by atoms with van der Waals surface area (Å²) in [6.07, 6.45) is 9.99. The van der Waals surface area contributed by atoms with E-state index in [1.165, 1.54) is 12.0 Å². The first-order valence-electron chi connectivity index (χ1n) is 14.0. The molecule has 1 aliphatic heterocycles. The van der Waals surface area contributed by atoms with Crippen LogP contribution in [0, 0.1) is 31.1 Å². The molecule has 2 rings (SSSR count). The molecule has 1 amide bonds. The fourth-order valence-electron chi connectivity index (χ4n) is 3.25. The van der Waals surface area contributed by atoms with Crippen LogP contribution in [0.3, 0.4) is 0 Å². The van der Waals surface area contributed by atoms with Crippen LogP contribution in [-0.4, -0.2) is 54.1 Å². The molecule has 0 bridgehead atoms. The summed E-state index contributed by atoms with van der Waals surface area (Å²) in [5.41, 5.74) is 11.2. The number of nitrogens with one attached hydrogen (secondary N) is 1. The Morgan fingerprint density at radius 3 is 1.98 bits per heavy atom. The maximum Gasteiger partial charge on any atom is 0.254 e. The normalized spacial score (nSPS) is 14.7. The van der Waals surface area contributed by atoms with Gasteiger partial charge in [0.25, 0.3) is 5.91 Å². The second-order valence-electron chi connectivity index (χ2n) is 11.9. The topological polar surface area (TPSA) is 100.0 Å². The largest absolute Gasteiger partial charge is 0.386 e. The van der Waals surface area contributed by atoms with Gasteiger partial charge in [0.1, 0.15) is 6.04 Å². The summed E-state index contributed by atoms with van der Waals surface area (Å²) in [4.78, 5) is 17.9. The van der Waals surface area contributed by atoms with Crippen molar-refractivity contribution in [3.63, 3.8) is 0 Å². The molecule has 1 aromatic rings. The summed E-state index contributed by atoms with van der Waals surface area (Å²) >= 11 is 0. The summed E-state index contributed by atoms with van der Waals surface area (Å²) in [5, 5.41) is 3.30. The molecule has 0 saturated carbocycles. The van der Waals surface area contributed by atoms with Gasteiger partial charge >= 0.3 is 0 Å². The van der Waals surface area contributed by atoms with Gasteiger partial charge in [0.2, 0.25) is 0 Å². The number of primary amides is 1. The van der Waals surface area contributed by atoms with Gasteiger partial charge in [0, 0.05) is 25.8 Å². The fourth-order valence-corrected chi connectivity index (χ4v) is 3.53. The molecule has 0 aromatic heterocycles. The molecular formula is C33H56EsFN6OP. The average Bonchev–Trinajstić information content (AvgIpc) is 3.38. The molecule has 3 unspecified atom stereocenters. The maximum absolute atomic E-state index is 12.0. The number of likely N-dealkylation sites (tertiary alicyclic amines) is 1. The van der Waals surface area contributed by atoms with Gasteiger partial charge in [-0.2, -0.15) is 0 Å². The third kappa shape index (κ3) is 18.7. The van der Waals surface area contributed by atoms with Crippen molar-refractivity contribution in [3.05, 3.63) is 67.3 Å². The number of hydrogen-bond acceptors (Lipinski definition) is 5. The van der Waals surface area contributed by atoms with Crippen LogP contribution >= 0.6 is 9.24 Å². The number of carbonyl (C=O) groups is 1. The van der Waals surface area contributed by atoms with Gasteiger partial charge in [-0.1, -0.05) is 78.0 Å². The zero-order valence-electron chi connectivity index (χ0n) is 27.7. The van der Waals surface area contributed by atoms with Crippen LogP contribution in [-0.2, 0) is 4.79 Å². The van der Waals surface area contributed by atoms with E-state index >= 15 is 0 Å². The first-order valence-corrected chi connectivity index (χ1v) is 14.6. The molecule has 10 heteroatoms. The quantitative estimate of drug-likeness (QED) is 0.123. The number of rotatable bonds is 9. The number of nitrogens with two attached hydrogens (primary N) is 2. The van der Waals surface area contributed by atoms with Gasteiger partial charge in [0.15, 0.2) is 5.67 Å². The van der Waals surface area contributed by atoms with Crippen molar-refractivity contribution < 1.29 is 9.18 Å². The van der Waals surface area contributed by atoms with Gasteiger partial charge in [-0.15, -0.1) is 15.7 Å². The van der Waals surface area contributed by atoms with Crippen molar-refractivity contribution in [2.45, 2.75) is 78.7 Å². The van der Waals surface area contributed by atoms with E-state index in [1.54, 1.807) is 19.6 Å². The van der Waals surface area contributed by atoms with Gasteiger partial charge in [-0.05, 0) is 62.5 Å². The van der Waals surface area contributed by atoms with E-state index in [4.69, 9.17) is 12.2 Å². The number of aliphatic imine (C=N–C) groups is 1. The molecule has 1 aromatic carbocycles. The van der Waals surface area contributed by atoms with E-state index in [1.807, 2.05) is 36.1 Å². The zero-order valence-corrected chi connectivity index (χ0v) is 31.3. The molecule has 3 atom stereocenters. The Morgan fingerprint density at radius 1 is 1.23 bits per heavy atom. The van der Waals surface area contributed by atoms with Crippen LogP contribution in [0.4, 0.5) is 10.1 Å². The number of halogens is 1. The van der Waals surface area contributed by atoms with E-state index in [9.17, 15) is 9.18 Å². The van der Waals surface area contributed by atoms with E-state index in [0.717, 1.165) is 50.2 Å². The monoisotopic (exact) mass is 855 g/mol. The number of amides is 1. The summed E-state index contributed by atoms with van der Waals surface area (Å²) in [6.45, 7) is 28.8. The molecule has 5 N–H and O–H groups in total. The zero-order chi connectivity index (χ0) is 33.3. The van der Waals surface area contributed by atoms with E-state index in [0.29, 0.717) is 11.0 Å². The smallest absolute Gasteiger partial charge is 0.254 e. The Bertz CT molecular complexity index is 1050. The Balaban J connectivity index is -0.000000569. The van der Waals surface area contributed by atoms with Crippen LogP contribution in [0.2, 0.25) is 0 Å². The fraction of sp³-hybridized carbons (Fsp3) is 0.515. The second-order valence-corrected chi connectivity index (χ2v) is 13.3. The summed E-state index contributed by atoms with van der Waals surface area (Å²) in [6, 6.07) is 7.75. The standard InChI is InChI=1S/C16H19N3.C9H19N2P.C4H8FNO.C4H10.Es/c1-6-16(18-7-2)14(4)19(12-17-5)15-10-8-13(3)9-11-15;1-7(10)11-5-4-8(6-11)9(2,3)12;1-4(2,5)3(6)7;1-4(2)3;/h1,7-12,16,18H,2,4H2,3,5H3;8H,1,4-6,10,12H2,2-3H3;1-2H3,(H2,6,7);4H,1-3H3;. The van der Waals surface area contributed by atoms with Crippen LogP contribution < -0.4 is 21.7 Å². The van der Waals surface area contributed by atoms with Gasteiger partial charge in [0.05, 0.1) is 17.9 Å². The minimum atomic E-state index is -1.86. The van der Waals surface area contributed by atoms with Crippen molar-refractivity contribution in [1.29, 1.82) is 0 Å². The number of benzene rings is 1. The van der Waals surface area contributed by atoms with Crippen molar-refractivity contribution in [2.75, 3.05) is 25.0 Å². The minimum absolute atomic E-state index is 0. The average molecular weight is 855 g/mol. The van der Waals surface area contributed by atoms with Crippen molar-refractivity contribution in [3.8, 4) is 12.3 Å². The Morgan fingerprint density at radius 2 is 1.70 bits per heavy atom. The van der Waals surface area contributed by atoms with Crippen LogP contribution in [0.25, 0.3) is 0 Å². The van der Waals surface area contributed by atoms with E-state index in [-0.39, 0.29) is 6.04 Å². The van der Waals surface area contributed by atoms with Crippen molar-refractivity contribution >= 4 is 27.2 Å². The molecule has 1 heterocycles. The van der Waals surface area contributed by atoms with E-state index in [2.05, 4.69) is 90.5 Å². The number of alkyl halides is 1. The number of terminal acetylenes is 1. The summed E-state index contributed by atoms with van der Waals surface area (Å²) in [7, 11) is 4.62. The number of aryl methyl sites for hydroxylation is 1. The molecule has 1 saturated heterocycles. The SMILES string of the molecule is C#CC(NC=C)C(=C)N(C=NC)c1ccc(C)cc1.C=C(N)N1CCC(C(C)(C)P)C1.CC(C)(F)C(N)=O.CC(C)C.[Es]. The Hall–Kier alpha value is -4.30.